The van der Waals surface area contributed by atoms with Crippen molar-refractivity contribution in [1.82, 2.24) is 4.90 Å². The highest BCUT2D eigenvalue weighted by Crippen LogP contribution is 2.40. The van der Waals surface area contributed by atoms with Crippen LogP contribution in [0.2, 0.25) is 0 Å². The van der Waals surface area contributed by atoms with E-state index in [1.165, 1.54) is 24.0 Å². The van der Waals surface area contributed by atoms with Gasteiger partial charge in [-0.3, -0.25) is 4.90 Å². The third kappa shape index (κ3) is 3.74. The van der Waals surface area contributed by atoms with Crippen molar-refractivity contribution in [3.63, 3.8) is 0 Å². The molecule has 1 aliphatic carbocycles. The van der Waals surface area contributed by atoms with E-state index in [-0.39, 0.29) is 0 Å². The summed E-state index contributed by atoms with van der Waals surface area (Å²) in [5, 5.41) is 0. The first-order valence-corrected chi connectivity index (χ1v) is 8.57. The Balaban J connectivity index is 2.13. The second-order valence-electron chi connectivity index (χ2n) is 5.67. The van der Waals surface area contributed by atoms with Crippen LogP contribution < -0.4 is 5.73 Å². The van der Waals surface area contributed by atoms with Crippen molar-refractivity contribution in [3.05, 3.63) is 35.4 Å². The van der Waals surface area contributed by atoms with Crippen molar-refractivity contribution in [2.75, 3.05) is 25.6 Å². The zero-order valence-corrected chi connectivity index (χ0v) is 13.1. The van der Waals surface area contributed by atoms with Crippen LogP contribution in [-0.2, 0) is 0 Å². The van der Waals surface area contributed by atoms with Crippen molar-refractivity contribution < 1.29 is 0 Å². The number of hydrogen-bond donors (Lipinski definition) is 1. The molecule has 1 aromatic carbocycles. The maximum Gasteiger partial charge on any atom is 0.0470 e. The van der Waals surface area contributed by atoms with E-state index in [0.29, 0.717) is 18.6 Å². The molecule has 1 fully saturated rings. The topological polar surface area (TPSA) is 29.3 Å². The Bertz CT molecular complexity index is 403. The summed E-state index contributed by atoms with van der Waals surface area (Å²) in [7, 11) is 2.20. The van der Waals surface area contributed by atoms with Gasteiger partial charge in [-0.2, -0.15) is 11.8 Å². The van der Waals surface area contributed by atoms with E-state index < -0.39 is 0 Å². The lowest BCUT2D eigenvalue weighted by molar-refractivity contribution is 0.204. The van der Waals surface area contributed by atoms with E-state index in [1.807, 2.05) is 11.8 Å². The number of nitrogens with zero attached hydrogens (tertiary/aromatic N) is 1. The molecule has 19 heavy (non-hydrogen) atoms. The van der Waals surface area contributed by atoms with Crippen LogP contribution in [0.25, 0.3) is 0 Å². The summed E-state index contributed by atoms with van der Waals surface area (Å²) in [6.45, 7) is 2.97. The average molecular weight is 278 g/mol. The normalized spacial score (nSPS) is 18.6. The summed E-state index contributed by atoms with van der Waals surface area (Å²) in [4.78, 5) is 2.42. The van der Waals surface area contributed by atoms with Crippen LogP contribution in [0.1, 0.15) is 42.9 Å². The number of benzene rings is 1. The predicted octanol–water partition coefficient (Wildman–Crippen LogP) is 3.25. The van der Waals surface area contributed by atoms with Crippen LogP contribution in [-0.4, -0.2) is 36.5 Å². The average Bonchev–Trinajstić information content (AvgIpc) is 3.24. The molecule has 0 amide bonds. The van der Waals surface area contributed by atoms with Gasteiger partial charge in [-0.05, 0) is 50.1 Å². The molecule has 0 saturated heterocycles. The van der Waals surface area contributed by atoms with Gasteiger partial charge in [0, 0.05) is 24.4 Å². The molecular weight excluding hydrogens is 252 g/mol. The van der Waals surface area contributed by atoms with E-state index in [0.717, 1.165) is 11.7 Å². The van der Waals surface area contributed by atoms with Gasteiger partial charge >= 0.3 is 0 Å². The maximum absolute atomic E-state index is 6.03. The van der Waals surface area contributed by atoms with Gasteiger partial charge in [0.2, 0.25) is 0 Å². The van der Waals surface area contributed by atoms with Crippen LogP contribution in [0.5, 0.6) is 0 Å². The van der Waals surface area contributed by atoms with Gasteiger partial charge in [-0.1, -0.05) is 24.3 Å². The minimum absolute atomic E-state index is 0.334. The lowest BCUT2D eigenvalue weighted by Gasteiger charge is -2.32. The molecule has 0 radical (unpaired) electrons. The Labute approximate surface area is 121 Å². The van der Waals surface area contributed by atoms with Crippen molar-refractivity contribution in [1.29, 1.82) is 0 Å². The predicted molar refractivity (Wildman–Crippen MR) is 85.8 cm³/mol. The van der Waals surface area contributed by atoms with E-state index in [2.05, 4.69) is 49.4 Å². The van der Waals surface area contributed by atoms with Gasteiger partial charge in [0.05, 0.1) is 0 Å². The minimum Gasteiger partial charge on any atom is -0.329 e. The third-order valence-corrected chi connectivity index (χ3v) is 4.98. The molecule has 2 N–H and O–H groups in total. The van der Waals surface area contributed by atoms with Gasteiger partial charge in [0.1, 0.15) is 0 Å². The SMILES string of the molecule is CSCC(C)N(C)C(CN)c1cccc(C2CC2)c1. The summed E-state index contributed by atoms with van der Waals surface area (Å²) in [5.74, 6) is 1.96. The molecule has 0 aromatic heterocycles. The van der Waals surface area contributed by atoms with E-state index >= 15 is 0 Å². The van der Waals surface area contributed by atoms with Crippen LogP contribution >= 0.6 is 11.8 Å². The first kappa shape index (κ1) is 14.9. The molecule has 1 aliphatic rings. The molecule has 0 aliphatic heterocycles. The fraction of sp³-hybridized carbons (Fsp3) is 0.625. The van der Waals surface area contributed by atoms with Gasteiger partial charge in [-0.25, -0.2) is 0 Å². The third-order valence-electron chi connectivity index (χ3n) is 4.16. The quantitative estimate of drug-likeness (QED) is 0.830. The zero-order valence-electron chi connectivity index (χ0n) is 12.3. The number of thioether (sulfide) groups is 1. The summed E-state index contributed by atoms with van der Waals surface area (Å²) >= 11 is 1.90. The van der Waals surface area contributed by atoms with Crippen molar-refractivity contribution in [2.24, 2.45) is 5.73 Å². The number of likely N-dealkylation sites (N-methyl/N-ethyl adjacent to an activating group) is 1. The van der Waals surface area contributed by atoms with Crippen molar-refractivity contribution in [3.8, 4) is 0 Å². The zero-order chi connectivity index (χ0) is 13.8. The Hall–Kier alpha value is -0.510. The number of hydrogen-bond acceptors (Lipinski definition) is 3. The highest BCUT2D eigenvalue weighted by molar-refractivity contribution is 7.98. The molecular formula is C16H26N2S. The summed E-state index contributed by atoms with van der Waals surface area (Å²) in [5.41, 5.74) is 8.91. The molecule has 2 atom stereocenters. The van der Waals surface area contributed by atoms with Crippen molar-refractivity contribution >= 4 is 11.8 Å². The summed E-state index contributed by atoms with van der Waals surface area (Å²) < 4.78 is 0. The molecule has 106 valence electrons. The first-order chi connectivity index (χ1) is 9.17. The van der Waals surface area contributed by atoms with Crippen LogP contribution in [0.4, 0.5) is 0 Å². The maximum atomic E-state index is 6.03. The number of nitrogens with two attached hydrogens (primary N) is 1. The fourth-order valence-electron chi connectivity index (χ4n) is 2.64. The Kier molecular flexibility index (Phi) is 5.31. The standard InChI is InChI=1S/C16H26N2S/c1-12(11-19-3)18(2)16(10-17)15-6-4-5-14(9-15)13-7-8-13/h4-6,9,12-13,16H,7-8,10-11,17H2,1-3H3. The smallest absolute Gasteiger partial charge is 0.0470 e. The Morgan fingerprint density at radius 1 is 1.42 bits per heavy atom. The largest absolute Gasteiger partial charge is 0.329 e. The first-order valence-electron chi connectivity index (χ1n) is 7.18. The molecule has 0 spiro atoms. The highest BCUT2D eigenvalue weighted by Gasteiger charge is 2.25. The molecule has 2 nitrogen and oxygen atoms in total. The molecule has 1 saturated carbocycles. The van der Waals surface area contributed by atoms with E-state index in [9.17, 15) is 0 Å². The van der Waals surface area contributed by atoms with Gasteiger partial charge < -0.3 is 5.73 Å². The summed E-state index contributed by atoms with van der Waals surface area (Å²) in [6, 6.07) is 9.94. The molecule has 0 heterocycles. The van der Waals surface area contributed by atoms with Gasteiger partial charge in [0.25, 0.3) is 0 Å². The lowest BCUT2D eigenvalue weighted by Crippen LogP contribution is -2.38. The second kappa shape index (κ2) is 6.78. The van der Waals surface area contributed by atoms with Crippen LogP contribution in [0.3, 0.4) is 0 Å². The molecule has 2 unspecified atom stereocenters. The Morgan fingerprint density at radius 2 is 2.16 bits per heavy atom. The molecule has 2 rings (SSSR count). The minimum atomic E-state index is 0.334. The second-order valence-corrected chi connectivity index (χ2v) is 6.58. The van der Waals surface area contributed by atoms with Crippen LogP contribution in [0, 0.1) is 0 Å². The highest BCUT2D eigenvalue weighted by atomic mass is 32.2. The molecule has 1 aromatic rings. The van der Waals surface area contributed by atoms with Crippen LogP contribution in [0.15, 0.2) is 24.3 Å². The monoisotopic (exact) mass is 278 g/mol. The number of rotatable bonds is 7. The van der Waals surface area contributed by atoms with Crippen molar-refractivity contribution in [2.45, 2.75) is 37.8 Å². The lowest BCUT2D eigenvalue weighted by atomic mass is 10.00. The Morgan fingerprint density at radius 3 is 2.74 bits per heavy atom. The summed E-state index contributed by atoms with van der Waals surface area (Å²) in [6.07, 6.45) is 4.88. The van der Waals surface area contributed by atoms with Gasteiger partial charge in [-0.15, -0.1) is 0 Å². The molecule has 3 heteroatoms. The van der Waals surface area contributed by atoms with Gasteiger partial charge in [0.15, 0.2) is 0 Å². The fourth-order valence-corrected chi connectivity index (χ4v) is 3.36. The van der Waals surface area contributed by atoms with E-state index in [4.69, 9.17) is 5.73 Å². The van der Waals surface area contributed by atoms with E-state index in [1.54, 1.807) is 0 Å². The molecule has 0 bridgehead atoms.